The van der Waals surface area contributed by atoms with Crippen LogP contribution in [0.5, 0.6) is 0 Å². The average molecular weight is 861 g/mol. The Morgan fingerprint density at radius 2 is 0.879 bits per heavy atom. The Kier molecular flexibility index (Phi) is 8.93. The summed E-state index contributed by atoms with van der Waals surface area (Å²) in [4.78, 5) is 7.49. The van der Waals surface area contributed by atoms with E-state index >= 15 is 0 Å². The highest BCUT2D eigenvalue weighted by atomic mass is 32.1. The van der Waals surface area contributed by atoms with E-state index in [1.165, 1.54) is 33.4 Å². The molecular formula is C62H40N2OS. The van der Waals surface area contributed by atoms with Gasteiger partial charge in [0.15, 0.2) is 0 Å². The number of aromatic nitrogens is 1. The van der Waals surface area contributed by atoms with Crippen LogP contribution in [0.2, 0.25) is 0 Å². The molecule has 0 aliphatic heterocycles. The van der Waals surface area contributed by atoms with Gasteiger partial charge in [-0.15, -0.1) is 11.3 Å². The molecule has 0 fully saturated rings. The number of hydrogen-bond acceptors (Lipinski definition) is 4. The van der Waals surface area contributed by atoms with Crippen molar-refractivity contribution in [2.24, 2.45) is 0 Å². The molecule has 0 saturated carbocycles. The zero-order valence-electron chi connectivity index (χ0n) is 35.8. The lowest BCUT2D eigenvalue weighted by molar-refractivity contribution is 0.671. The van der Waals surface area contributed by atoms with Crippen molar-refractivity contribution in [1.29, 1.82) is 0 Å². The number of para-hydroxylation sites is 2. The van der Waals surface area contributed by atoms with Crippen molar-refractivity contribution in [3.05, 3.63) is 265 Å². The van der Waals surface area contributed by atoms with Crippen LogP contribution >= 0.6 is 11.3 Å². The van der Waals surface area contributed by atoms with Crippen LogP contribution < -0.4 is 4.90 Å². The molecule has 0 unspecified atom stereocenters. The molecule has 310 valence electrons. The molecule has 0 N–H and O–H groups in total. The third-order valence-electron chi connectivity index (χ3n) is 13.4. The van der Waals surface area contributed by atoms with E-state index in [0.29, 0.717) is 0 Å². The van der Waals surface area contributed by atoms with Gasteiger partial charge in [-0.3, -0.25) is 0 Å². The molecule has 2 aromatic heterocycles. The quantitative estimate of drug-likeness (QED) is 0.152. The number of hydrogen-bond donors (Lipinski definition) is 0. The van der Waals surface area contributed by atoms with E-state index in [1.807, 2.05) is 0 Å². The first-order valence-corrected chi connectivity index (χ1v) is 23.3. The van der Waals surface area contributed by atoms with E-state index in [-0.39, 0.29) is 0 Å². The van der Waals surface area contributed by atoms with Crippen LogP contribution in [0, 0.1) is 0 Å². The Hall–Kier alpha value is -8.31. The lowest BCUT2D eigenvalue weighted by Crippen LogP contribution is -2.28. The summed E-state index contributed by atoms with van der Waals surface area (Å²) in [6.45, 7) is 0. The Morgan fingerprint density at radius 1 is 0.379 bits per heavy atom. The lowest BCUT2D eigenvalue weighted by Gasteiger charge is -2.35. The second-order valence-electron chi connectivity index (χ2n) is 17.0. The van der Waals surface area contributed by atoms with E-state index in [2.05, 4.69) is 248 Å². The summed E-state index contributed by atoms with van der Waals surface area (Å²) < 4.78 is 8.00. The van der Waals surface area contributed by atoms with Gasteiger partial charge < -0.3 is 9.32 Å². The van der Waals surface area contributed by atoms with Crippen LogP contribution in [-0.2, 0) is 5.41 Å². The lowest BCUT2D eigenvalue weighted by atomic mass is 9.67. The van der Waals surface area contributed by atoms with Crippen LogP contribution in [-0.4, -0.2) is 4.98 Å². The molecule has 0 bridgehead atoms. The SMILES string of the molecule is c1ccc(-c2nc3ccc(N(c4ccc(-c5cccc6c5oc5c(-c7ccccc7)cccc56)cc4)c4ccc5c(c4)C(c4ccccc4)(c4ccccc4)c4ccccc4-5)cc3s2)cc1. The van der Waals surface area contributed by atoms with Crippen LogP contribution in [0.25, 0.3) is 76.1 Å². The molecule has 0 spiro atoms. The van der Waals surface area contributed by atoms with E-state index in [9.17, 15) is 0 Å². The van der Waals surface area contributed by atoms with Crippen molar-refractivity contribution in [2.75, 3.05) is 4.90 Å². The number of furan rings is 1. The van der Waals surface area contributed by atoms with Crippen molar-refractivity contribution < 1.29 is 4.42 Å². The van der Waals surface area contributed by atoms with E-state index in [0.717, 1.165) is 82.0 Å². The van der Waals surface area contributed by atoms with Crippen molar-refractivity contribution in [1.82, 2.24) is 4.98 Å². The van der Waals surface area contributed by atoms with Gasteiger partial charge in [-0.05, 0) is 87.0 Å². The van der Waals surface area contributed by atoms with Crippen molar-refractivity contribution in [3.63, 3.8) is 0 Å². The molecule has 0 atom stereocenters. The minimum atomic E-state index is -0.530. The number of benzene rings is 10. The second-order valence-corrected chi connectivity index (χ2v) is 18.0. The summed E-state index contributed by atoms with van der Waals surface area (Å²) in [5.74, 6) is 0. The number of rotatable bonds is 8. The molecule has 10 aromatic carbocycles. The van der Waals surface area contributed by atoms with Gasteiger partial charge in [0.25, 0.3) is 0 Å². The van der Waals surface area contributed by atoms with Gasteiger partial charge in [0.05, 0.1) is 15.6 Å². The Balaban J connectivity index is 0.992. The smallest absolute Gasteiger partial charge is 0.143 e. The first-order chi connectivity index (χ1) is 32.7. The molecule has 1 aliphatic rings. The maximum Gasteiger partial charge on any atom is 0.143 e. The molecule has 0 amide bonds. The molecule has 13 rings (SSSR count). The van der Waals surface area contributed by atoms with Crippen LogP contribution in [0.1, 0.15) is 22.3 Å². The van der Waals surface area contributed by atoms with Crippen LogP contribution in [0.15, 0.2) is 247 Å². The summed E-state index contributed by atoms with van der Waals surface area (Å²) >= 11 is 1.73. The van der Waals surface area contributed by atoms with Crippen molar-refractivity contribution >= 4 is 60.6 Å². The predicted molar refractivity (Wildman–Crippen MR) is 275 cm³/mol. The molecule has 66 heavy (non-hydrogen) atoms. The summed E-state index contributed by atoms with van der Waals surface area (Å²) in [6, 6.07) is 87.6. The summed E-state index contributed by atoms with van der Waals surface area (Å²) in [7, 11) is 0. The average Bonchev–Trinajstić information content (AvgIpc) is 4.09. The van der Waals surface area contributed by atoms with Gasteiger partial charge >= 0.3 is 0 Å². The van der Waals surface area contributed by atoms with Gasteiger partial charge in [-0.2, -0.15) is 0 Å². The first-order valence-electron chi connectivity index (χ1n) is 22.4. The molecule has 4 heteroatoms. The Morgan fingerprint density at radius 3 is 1.53 bits per heavy atom. The number of anilines is 3. The second kappa shape index (κ2) is 15.4. The highest BCUT2D eigenvalue weighted by molar-refractivity contribution is 7.21. The van der Waals surface area contributed by atoms with Crippen molar-refractivity contribution in [3.8, 4) is 44.0 Å². The van der Waals surface area contributed by atoms with Gasteiger partial charge in [-0.1, -0.05) is 200 Å². The highest BCUT2D eigenvalue weighted by Gasteiger charge is 2.46. The van der Waals surface area contributed by atoms with E-state index < -0.39 is 5.41 Å². The van der Waals surface area contributed by atoms with E-state index in [4.69, 9.17) is 9.40 Å². The normalized spacial score (nSPS) is 12.7. The standard InChI is InChI=1S/C62H40N2OS/c1-5-17-41(18-6-1)49-26-15-28-53-54-29-16-27-50(60(54)65-59(49)53)42-31-33-46(34-32-42)64(48-36-38-57-58(40-48)66-61(63-57)43-19-7-2-8-20-43)47-35-37-52-51-25-13-14-30-55(51)62(56(52)39-47,44-21-9-3-10-22-44)45-23-11-4-12-24-45/h1-40H. The minimum Gasteiger partial charge on any atom is -0.455 e. The zero-order valence-corrected chi connectivity index (χ0v) is 36.6. The largest absolute Gasteiger partial charge is 0.455 e. The fourth-order valence-corrected chi connectivity index (χ4v) is 11.5. The molecule has 2 heterocycles. The third kappa shape index (κ3) is 5.99. The Labute approximate surface area is 387 Å². The summed E-state index contributed by atoms with van der Waals surface area (Å²) in [5.41, 5.74) is 18.5. The first kappa shape index (κ1) is 38.2. The number of nitrogens with zero attached hydrogens (tertiary/aromatic N) is 2. The van der Waals surface area contributed by atoms with Gasteiger partial charge in [0.1, 0.15) is 16.2 Å². The predicted octanol–water partition coefficient (Wildman–Crippen LogP) is 17.0. The topological polar surface area (TPSA) is 29.3 Å². The molecular weight excluding hydrogens is 821 g/mol. The monoisotopic (exact) mass is 860 g/mol. The van der Waals surface area contributed by atoms with Crippen LogP contribution in [0.4, 0.5) is 17.1 Å². The number of thiazole rings is 1. The van der Waals surface area contributed by atoms with Gasteiger partial charge in [-0.25, -0.2) is 4.98 Å². The maximum atomic E-state index is 6.86. The minimum absolute atomic E-state index is 0.530. The molecule has 12 aromatic rings. The van der Waals surface area contributed by atoms with E-state index in [1.54, 1.807) is 11.3 Å². The maximum absolute atomic E-state index is 6.86. The fourth-order valence-electron chi connectivity index (χ4n) is 10.5. The summed E-state index contributed by atoms with van der Waals surface area (Å²) in [5, 5.41) is 3.24. The fraction of sp³-hybridized carbons (Fsp3) is 0.0161. The molecule has 3 nitrogen and oxygen atoms in total. The molecule has 1 aliphatic carbocycles. The van der Waals surface area contributed by atoms with Gasteiger partial charge in [0.2, 0.25) is 0 Å². The zero-order chi connectivity index (χ0) is 43.6. The van der Waals surface area contributed by atoms with Gasteiger partial charge in [0, 0.05) is 44.5 Å². The third-order valence-corrected chi connectivity index (χ3v) is 14.5. The van der Waals surface area contributed by atoms with Crippen LogP contribution in [0.3, 0.4) is 0 Å². The van der Waals surface area contributed by atoms with Crippen molar-refractivity contribution in [2.45, 2.75) is 5.41 Å². The number of fused-ring (bicyclic) bond motifs is 7. The Bertz CT molecular complexity index is 3710. The summed E-state index contributed by atoms with van der Waals surface area (Å²) in [6.07, 6.45) is 0. The molecule has 0 saturated heterocycles. The highest BCUT2D eigenvalue weighted by Crippen LogP contribution is 2.57. The molecule has 0 radical (unpaired) electrons.